The van der Waals surface area contributed by atoms with Crippen LogP contribution in [-0.2, 0) is 6.54 Å². The molecule has 0 N–H and O–H groups in total. The Bertz CT molecular complexity index is 645. The van der Waals surface area contributed by atoms with Gasteiger partial charge in [0.15, 0.2) is 0 Å². The highest BCUT2D eigenvalue weighted by Gasteiger charge is 2.30. The summed E-state index contributed by atoms with van der Waals surface area (Å²) in [5, 5.41) is 4.47. The second-order valence-corrected chi connectivity index (χ2v) is 6.27. The van der Waals surface area contributed by atoms with Crippen molar-refractivity contribution >= 4 is 5.91 Å². The minimum absolute atomic E-state index is 0.0360. The summed E-state index contributed by atoms with van der Waals surface area (Å²) < 4.78 is 7.48. The van der Waals surface area contributed by atoms with Crippen molar-refractivity contribution in [3.05, 3.63) is 41.6 Å². The molecule has 0 unspecified atom stereocenters. The average Bonchev–Trinajstić information content (AvgIpc) is 3.11. The fourth-order valence-electron chi connectivity index (χ4n) is 3.35. The molecule has 0 aromatic carbocycles. The first-order valence-electron chi connectivity index (χ1n) is 8.59. The Kier molecular flexibility index (Phi) is 4.84. The summed E-state index contributed by atoms with van der Waals surface area (Å²) in [5.74, 6) is 0.965. The second kappa shape index (κ2) is 7.02. The van der Waals surface area contributed by atoms with E-state index < -0.39 is 0 Å². The van der Waals surface area contributed by atoms with Crippen molar-refractivity contribution in [3.8, 4) is 0 Å². The molecule has 124 valence electrons. The third-order valence-electron chi connectivity index (χ3n) is 4.51. The molecule has 5 heteroatoms. The van der Waals surface area contributed by atoms with Crippen molar-refractivity contribution in [3.63, 3.8) is 0 Å². The maximum absolute atomic E-state index is 13.1. The Balaban J connectivity index is 1.88. The van der Waals surface area contributed by atoms with Crippen molar-refractivity contribution in [2.75, 3.05) is 6.54 Å². The van der Waals surface area contributed by atoms with Gasteiger partial charge in [0, 0.05) is 19.3 Å². The summed E-state index contributed by atoms with van der Waals surface area (Å²) in [4.78, 5) is 15.1. The van der Waals surface area contributed by atoms with Crippen molar-refractivity contribution < 1.29 is 9.21 Å². The number of hydrogen-bond donors (Lipinski definition) is 0. The standard InChI is InChI=1S/C18H25N3O2/c1-3-10-20-13-15(14(2)19-20)18(22)21-11-6-4-5-8-16(21)17-9-7-12-23-17/h7,9,12-13,16H,3-6,8,10-11H2,1-2H3/t16-/m1/s1. The lowest BCUT2D eigenvalue weighted by Gasteiger charge is -2.28. The minimum atomic E-state index is 0.0360. The molecule has 2 aromatic rings. The molecule has 23 heavy (non-hydrogen) atoms. The van der Waals surface area contributed by atoms with Crippen LogP contribution >= 0.6 is 0 Å². The summed E-state index contributed by atoms with van der Waals surface area (Å²) in [5.41, 5.74) is 1.53. The summed E-state index contributed by atoms with van der Waals surface area (Å²) >= 11 is 0. The zero-order valence-electron chi connectivity index (χ0n) is 14.0. The van der Waals surface area contributed by atoms with Crippen LogP contribution in [0.15, 0.2) is 29.0 Å². The van der Waals surface area contributed by atoms with Gasteiger partial charge in [0.05, 0.1) is 23.6 Å². The summed E-state index contributed by atoms with van der Waals surface area (Å²) in [6.07, 6.45) is 8.89. The van der Waals surface area contributed by atoms with E-state index in [1.807, 2.05) is 34.8 Å². The molecule has 1 amide bonds. The summed E-state index contributed by atoms with van der Waals surface area (Å²) in [7, 11) is 0. The van der Waals surface area contributed by atoms with Gasteiger partial charge in [-0.3, -0.25) is 9.48 Å². The number of aromatic nitrogens is 2. The first kappa shape index (κ1) is 15.8. The monoisotopic (exact) mass is 315 g/mol. The van der Waals surface area contributed by atoms with Crippen molar-refractivity contribution in [1.29, 1.82) is 0 Å². The van der Waals surface area contributed by atoms with Crippen molar-refractivity contribution in [1.82, 2.24) is 14.7 Å². The first-order valence-corrected chi connectivity index (χ1v) is 8.59. The van der Waals surface area contributed by atoms with Crippen LogP contribution in [0.25, 0.3) is 0 Å². The molecule has 1 saturated heterocycles. The SMILES string of the molecule is CCCn1cc(C(=O)N2CCCCC[C@@H]2c2ccco2)c(C)n1. The highest BCUT2D eigenvalue weighted by Crippen LogP contribution is 2.32. The maximum atomic E-state index is 13.1. The summed E-state index contributed by atoms with van der Waals surface area (Å²) in [6.45, 7) is 5.65. The van der Waals surface area contributed by atoms with E-state index in [4.69, 9.17) is 4.42 Å². The Morgan fingerprint density at radius 3 is 3.00 bits per heavy atom. The van der Waals surface area contributed by atoms with Gasteiger partial charge in [-0.2, -0.15) is 5.10 Å². The molecule has 5 nitrogen and oxygen atoms in total. The van der Waals surface area contributed by atoms with Crippen LogP contribution in [0.3, 0.4) is 0 Å². The smallest absolute Gasteiger partial charge is 0.257 e. The maximum Gasteiger partial charge on any atom is 0.257 e. The van der Waals surface area contributed by atoms with Crippen LogP contribution in [0, 0.1) is 6.92 Å². The molecule has 3 heterocycles. The van der Waals surface area contributed by atoms with E-state index in [0.717, 1.165) is 62.2 Å². The normalized spacial score (nSPS) is 18.9. The van der Waals surface area contributed by atoms with Crippen LogP contribution in [0.2, 0.25) is 0 Å². The average molecular weight is 315 g/mol. The molecule has 0 spiro atoms. The molecule has 1 atom stereocenters. The van der Waals surface area contributed by atoms with Gasteiger partial charge >= 0.3 is 0 Å². The zero-order valence-corrected chi connectivity index (χ0v) is 14.0. The van der Waals surface area contributed by atoms with Crippen LogP contribution in [-0.4, -0.2) is 27.1 Å². The van der Waals surface area contributed by atoms with Crippen molar-refractivity contribution in [2.24, 2.45) is 0 Å². The lowest BCUT2D eigenvalue weighted by molar-refractivity contribution is 0.0657. The zero-order chi connectivity index (χ0) is 16.2. The van der Waals surface area contributed by atoms with Gasteiger partial charge in [-0.1, -0.05) is 19.8 Å². The number of nitrogens with zero attached hydrogens (tertiary/aromatic N) is 3. The molecule has 1 aliphatic rings. The molecule has 0 bridgehead atoms. The predicted octanol–water partition coefficient (Wildman–Crippen LogP) is 3.95. The third kappa shape index (κ3) is 3.33. The van der Waals surface area contributed by atoms with Gasteiger partial charge in [-0.25, -0.2) is 0 Å². The Morgan fingerprint density at radius 1 is 1.39 bits per heavy atom. The van der Waals surface area contributed by atoms with Crippen LogP contribution in [0.4, 0.5) is 0 Å². The van der Waals surface area contributed by atoms with E-state index in [9.17, 15) is 4.79 Å². The van der Waals surface area contributed by atoms with E-state index >= 15 is 0 Å². The van der Waals surface area contributed by atoms with Gasteiger partial charge in [0.25, 0.3) is 5.91 Å². The predicted molar refractivity (Wildman–Crippen MR) is 88.2 cm³/mol. The topological polar surface area (TPSA) is 51.3 Å². The summed E-state index contributed by atoms with van der Waals surface area (Å²) in [6, 6.07) is 3.91. The van der Waals surface area contributed by atoms with E-state index in [0.29, 0.717) is 0 Å². The Labute approximate surface area is 137 Å². The largest absolute Gasteiger partial charge is 0.467 e. The minimum Gasteiger partial charge on any atom is -0.467 e. The molecule has 0 radical (unpaired) electrons. The fourth-order valence-corrected chi connectivity index (χ4v) is 3.35. The molecule has 1 fully saturated rings. The van der Waals surface area contributed by atoms with Crippen LogP contribution in [0.5, 0.6) is 0 Å². The number of aryl methyl sites for hydroxylation is 2. The van der Waals surface area contributed by atoms with E-state index in [-0.39, 0.29) is 11.9 Å². The van der Waals surface area contributed by atoms with E-state index in [1.165, 1.54) is 0 Å². The molecular weight excluding hydrogens is 290 g/mol. The van der Waals surface area contributed by atoms with Gasteiger partial charge in [-0.15, -0.1) is 0 Å². The lowest BCUT2D eigenvalue weighted by Crippen LogP contribution is -2.34. The number of carbonyl (C=O) groups excluding carboxylic acids is 1. The number of hydrogen-bond acceptors (Lipinski definition) is 3. The molecular formula is C18H25N3O2. The van der Waals surface area contributed by atoms with Crippen LogP contribution < -0.4 is 0 Å². The fraction of sp³-hybridized carbons (Fsp3) is 0.556. The molecule has 3 rings (SSSR count). The van der Waals surface area contributed by atoms with Crippen LogP contribution in [0.1, 0.15) is 66.9 Å². The van der Waals surface area contributed by atoms with Gasteiger partial charge in [-0.05, 0) is 38.3 Å². The first-order chi connectivity index (χ1) is 11.2. The molecule has 0 saturated carbocycles. The Hall–Kier alpha value is -2.04. The van der Waals surface area contributed by atoms with E-state index in [1.54, 1.807) is 6.26 Å². The highest BCUT2D eigenvalue weighted by atomic mass is 16.3. The number of furan rings is 1. The molecule has 1 aliphatic heterocycles. The second-order valence-electron chi connectivity index (χ2n) is 6.27. The number of likely N-dealkylation sites (tertiary alicyclic amines) is 1. The van der Waals surface area contributed by atoms with Gasteiger partial charge in [0.1, 0.15) is 5.76 Å². The number of amides is 1. The quantitative estimate of drug-likeness (QED) is 0.858. The number of carbonyl (C=O) groups is 1. The van der Waals surface area contributed by atoms with Crippen molar-refractivity contribution in [2.45, 2.75) is 58.5 Å². The lowest BCUT2D eigenvalue weighted by atomic mass is 10.1. The highest BCUT2D eigenvalue weighted by molar-refractivity contribution is 5.95. The third-order valence-corrected chi connectivity index (χ3v) is 4.51. The van der Waals surface area contributed by atoms with Gasteiger partial charge in [0.2, 0.25) is 0 Å². The molecule has 2 aromatic heterocycles. The Morgan fingerprint density at radius 2 is 2.26 bits per heavy atom. The molecule has 0 aliphatic carbocycles. The number of rotatable bonds is 4. The van der Waals surface area contributed by atoms with Gasteiger partial charge < -0.3 is 9.32 Å². The van der Waals surface area contributed by atoms with E-state index in [2.05, 4.69) is 12.0 Å².